The van der Waals surface area contributed by atoms with Crippen molar-refractivity contribution in [2.75, 3.05) is 0 Å². The van der Waals surface area contributed by atoms with Crippen molar-refractivity contribution in [3.8, 4) is 0 Å². The van der Waals surface area contributed by atoms with Crippen LogP contribution in [0.2, 0.25) is 5.02 Å². The third-order valence-electron chi connectivity index (χ3n) is 1.55. The Balaban J connectivity index is 3.05. The van der Waals surface area contributed by atoms with Gasteiger partial charge in [-0.1, -0.05) is 23.7 Å². The maximum absolute atomic E-state index is 6.81. The standard InChI is InChI=1S/C9H8ClN/c1-7(11-2)8-5-3-4-6-9(8)10/h3-7H,1H3. The highest BCUT2D eigenvalue weighted by atomic mass is 35.5. The molecule has 0 fully saturated rings. The lowest BCUT2D eigenvalue weighted by atomic mass is 10.1. The van der Waals surface area contributed by atoms with Crippen LogP contribution in [0.5, 0.6) is 0 Å². The molecule has 11 heavy (non-hydrogen) atoms. The van der Waals surface area contributed by atoms with E-state index in [9.17, 15) is 0 Å². The first kappa shape index (κ1) is 8.10. The van der Waals surface area contributed by atoms with Crippen LogP contribution < -0.4 is 0 Å². The van der Waals surface area contributed by atoms with E-state index in [2.05, 4.69) is 4.85 Å². The Hall–Kier alpha value is -1.00. The Labute approximate surface area is 71.4 Å². The van der Waals surface area contributed by atoms with E-state index in [1.807, 2.05) is 25.1 Å². The van der Waals surface area contributed by atoms with Gasteiger partial charge in [0.2, 0.25) is 6.04 Å². The maximum atomic E-state index is 6.81. The summed E-state index contributed by atoms with van der Waals surface area (Å²) in [4.78, 5) is 3.39. The molecule has 0 aliphatic heterocycles. The molecule has 0 aromatic heterocycles. The molecule has 0 spiro atoms. The lowest BCUT2D eigenvalue weighted by Crippen LogP contribution is -1.86. The Bertz CT molecular complexity index is 288. The van der Waals surface area contributed by atoms with E-state index in [0.29, 0.717) is 5.02 Å². The normalized spacial score (nSPS) is 12.1. The van der Waals surface area contributed by atoms with Gasteiger partial charge in [0.25, 0.3) is 0 Å². The summed E-state index contributed by atoms with van der Waals surface area (Å²) in [6.07, 6.45) is 0. The molecule has 0 bridgehead atoms. The first-order valence-electron chi connectivity index (χ1n) is 3.36. The zero-order valence-corrected chi connectivity index (χ0v) is 6.97. The van der Waals surface area contributed by atoms with Gasteiger partial charge in [0.05, 0.1) is 10.6 Å². The van der Waals surface area contributed by atoms with Gasteiger partial charge in [0.15, 0.2) is 0 Å². The molecule has 1 aromatic carbocycles. The van der Waals surface area contributed by atoms with Crippen LogP contribution in [0.3, 0.4) is 0 Å². The topological polar surface area (TPSA) is 4.36 Å². The van der Waals surface area contributed by atoms with E-state index in [1.54, 1.807) is 6.07 Å². The second-order valence-corrected chi connectivity index (χ2v) is 2.73. The van der Waals surface area contributed by atoms with Gasteiger partial charge < -0.3 is 4.85 Å². The van der Waals surface area contributed by atoms with Crippen molar-refractivity contribution in [1.82, 2.24) is 0 Å². The molecular formula is C9H8ClN. The summed E-state index contributed by atoms with van der Waals surface area (Å²) in [6.45, 7) is 8.65. The van der Waals surface area contributed by atoms with Crippen LogP contribution in [0.25, 0.3) is 4.85 Å². The molecule has 0 amide bonds. The molecule has 0 aliphatic carbocycles. The molecule has 1 atom stereocenters. The Morgan fingerprint density at radius 3 is 2.64 bits per heavy atom. The molecule has 0 radical (unpaired) electrons. The van der Waals surface area contributed by atoms with Gasteiger partial charge in [0, 0.05) is 6.92 Å². The fraction of sp³-hybridized carbons (Fsp3) is 0.222. The van der Waals surface area contributed by atoms with Crippen LogP contribution in [0.4, 0.5) is 0 Å². The Morgan fingerprint density at radius 2 is 2.09 bits per heavy atom. The number of hydrogen-bond acceptors (Lipinski definition) is 0. The lowest BCUT2D eigenvalue weighted by molar-refractivity contribution is 0.962. The van der Waals surface area contributed by atoms with Gasteiger partial charge in [-0.2, -0.15) is 0 Å². The minimum atomic E-state index is -0.135. The second-order valence-electron chi connectivity index (χ2n) is 2.33. The molecule has 56 valence electrons. The molecule has 1 aromatic rings. The number of nitrogens with zero attached hydrogens (tertiary/aromatic N) is 1. The zero-order chi connectivity index (χ0) is 8.27. The van der Waals surface area contributed by atoms with E-state index >= 15 is 0 Å². The van der Waals surface area contributed by atoms with Gasteiger partial charge in [-0.25, -0.2) is 6.57 Å². The van der Waals surface area contributed by atoms with E-state index in [1.165, 1.54) is 0 Å². The van der Waals surface area contributed by atoms with E-state index in [4.69, 9.17) is 18.2 Å². The van der Waals surface area contributed by atoms with Crippen molar-refractivity contribution in [2.24, 2.45) is 0 Å². The summed E-state index contributed by atoms with van der Waals surface area (Å²) in [7, 11) is 0. The number of hydrogen-bond donors (Lipinski definition) is 0. The van der Waals surface area contributed by atoms with E-state index in [-0.39, 0.29) is 6.04 Å². The van der Waals surface area contributed by atoms with Gasteiger partial charge in [-0.3, -0.25) is 0 Å². The smallest absolute Gasteiger partial charge is 0.247 e. The second kappa shape index (κ2) is 3.41. The van der Waals surface area contributed by atoms with E-state index < -0.39 is 0 Å². The fourth-order valence-electron chi connectivity index (χ4n) is 0.883. The average Bonchev–Trinajstić information content (AvgIpc) is 2.04. The van der Waals surface area contributed by atoms with Crippen molar-refractivity contribution in [1.29, 1.82) is 0 Å². The molecule has 0 saturated heterocycles. The minimum Gasteiger partial charge on any atom is -0.309 e. The number of benzene rings is 1. The molecule has 0 saturated carbocycles. The van der Waals surface area contributed by atoms with Crippen molar-refractivity contribution in [3.63, 3.8) is 0 Å². The lowest BCUT2D eigenvalue weighted by Gasteiger charge is -2.00. The molecule has 0 N–H and O–H groups in total. The fourth-order valence-corrected chi connectivity index (χ4v) is 1.18. The van der Waals surface area contributed by atoms with Gasteiger partial charge in [0.1, 0.15) is 0 Å². The summed E-state index contributed by atoms with van der Waals surface area (Å²) < 4.78 is 0. The van der Waals surface area contributed by atoms with Crippen LogP contribution in [0.15, 0.2) is 24.3 Å². The predicted molar refractivity (Wildman–Crippen MR) is 46.5 cm³/mol. The molecule has 1 unspecified atom stereocenters. The van der Waals surface area contributed by atoms with Crippen molar-refractivity contribution in [2.45, 2.75) is 13.0 Å². The Morgan fingerprint density at radius 1 is 1.45 bits per heavy atom. The van der Waals surface area contributed by atoms with Crippen LogP contribution >= 0.6 is 11.6 Å². The Kier molecular flexibility index (Phi) is 2.51. The molecule has 1 nitrogen and oxygen atoms in total. The van der Waals surface area contributed by atoms with Gasteiger partial charge in [-0.15, -0.1) is 0 Å². The summed E-state index contributed by atoms with van der Waals surface area (Å²) >= 11 is 5.85. The highest BCUT2D eigenvalue weighted by molar-refractivity contribution is 6.31. The van der Waals surface area contributed by atoms with Crippen molar-refractivity contribution in [3.05, 3.63) is 46.3 Å². The first-order chi connectivity index (χ1) is 5.25. The molecule has 0 heterocycles. The largest absolute Gasteiger partial charge is 0.309 e. The third kappa shape index (κ3) is 1.72. The van der Waals surface area contributed by atoms with Crippen molar-refractivity contribution >= 4 is 11.6 Å². The average molecular weight is 166 g/mol. The molecule has 2 heteroatoms. The van der Waals surface area contributed by atoms with Gasteiger partial charge >= 0.3 is 0 Å². The highest BCUT2D eigenvalue weighted by Crippen LogP contribution is 2.24. The quantitative estimate of drug-likeness (QED) is 0.563. The maximum Gasteiger partial charge on any atom is 0.247 e. The SMILES string of the molecule is [C-]#[N+]C(C)c1ccccc1Cl. The molecule has 1 rings (SSSR count). The first-order valence-corrected chi connectivity index (χ1v) is 3.74. The molecular weight excluding hydrogens is 158 g/mol. The number of rotatable bonds is 1. The summed E-state index contributed by atoms with van der Waals surface area (Å²) in [5, 5.41) is 0.677. The van der Waals surface area contributed by atoms with Crippen LogP contribution in [-0.4, -0.2) is 0 Å². The number of halogens is 1. The van der Waals surface area contributed by atoms with Crippen LogP contribution in [0.1, 0.15) is 18.5 Å². The zero-order valence-electron chi connectivity index (χ0n) is 6.21. The van der Waals surface area contributed by atoms with Gasteiger partial charge in [-0.05, 0) is 12.1 Å². The van der Waals surface area contributed by atoms with E-state index in [0.717, 1.165) is 5.56 Å². The van der Waals surface area contributed by atoms with Crippen molar-refractivity contribution < 1.29 is 0 Å². The highest BCUT2D eigenvalue weighted by Gasteiger charge is 2.10. The van der Waals surface area contributed by atoms with Crippen LogP contribution in [-0.2, 0) is 0 Å². The summed E-state index contributed by atoms with van der Waals surface area (Å²) in [5.41, 5.74) is 0.907. The predicted octanol–water partition coefficient (Wildman–Crippen LogP) is 3.32. The summed E-state index contributed by atoms with van der Waals surface area (Å²) in [5.74, 6) is 0. The monoisotopic (exact) mass is 165 g/mol. The third-order valence-corrected chi connectivity index (χ3v) is 1.89. The minimum absolute atomic E-state index is 0.135. The molecule has 0 aliphatic rings. The summed E-state index contributed by atoms with van der Waals surface area (Å²) in [6, 6.07) is 7.30. The van der Waals surface area contributed by atoms with Crippen LogP contribution in [0, 0.1) is 6.57 Å².